The quantitative estimate of drug-likeness (QED) is 0.838. The van der Waals surface area contributed by atoms with E-state index in [1.807, 2.05) is 0 Å². The van der Waals surface area contributed by atoms with Gasteiger partial charge in [0.1, 0.15) is 5.82 Å². The number of amides is 1. The standard InChI is InChI=1S/C14H17ClFNO/c15-12-5-1-10(2-6-12)9-17-14(18)11-3-7-13(16)8-4-11/h3-4,7-8,10,12H,1-2,5-6,9H2,(H,17,18). The molecule has 1 aliphatic carbocycles. The highest BCUT2D eigenvalue weighted by Crippen LogP contribution is 2.26. The number of alkyl halides is 1. The van der Waals surface area contributed by atoms with Crippen molar-refractivity contribution in [2.75, 3.05) is 6.54 Å². The summed E-state index contributed by atoms with van der Waals surface area (Å²) in [6.45, 7) is 0.680. The molecular formula is C14H17ClFNO. The van der Waals surface area contributed by atoms with Crippen molar-refractivity contribution >= 4 is 17.5 Å². The summed E-state index contributed by atoms with van der Waals surface area (Å²) in [6.07, 6.45) is 4.19. The minimum absolute atomic E-state index is 0.136. The molecule has 0 bridgehead atoms. The smallest absolute Gasteiger partial charge is 0.251 e. The molecule has 0 atom stereocenters. The summed E-state index contributed by atoms with van der Waals surface area (Å²) in [5.74, 6) is 0.0550. The molecule has 18 heavy (non-hydrogen) atoms. The summed E-state index contributed by atoms with van der Waals surface area (Å²) in [4.78, 5) is 11.8. The molecule has 4 heteroatoms. The van der Waals surface area contributed by atoms with Crippen LogP contribution in [-0.4, -0.2) is 17.8 Å². The molecule has 1 saturated carbocycles. The second-order valence-corrected chi connectivity index (χ2v) is 5.45. The molecule has 0 heterocycles. The summed E-state index contributed by atoms with van der Waals surface area (Å²) in [5.41, 5.74) is 0.502. The van der Waals surface area contributed by atoms with Gasteiger partial charge in [-0.05, 0) is 55.9 Å². The van der Waals surface area contributed by atoms with E-state index in [1.165, 1.54) is 24.3 Å². The zero-order valence-corrected chi connectivity index (χ0v) is 10.9. The van der Waals surface area contributed by atoms with Gasteiger partial charge in [-0.15, -0.1) is 11.6 Å². The number of halogens is 2. The third kappa shape index (κ3) is 3.70. The van der Waals surface area contributed by atoms with Gasteiger partial charge in [0.25, 0.3) is 5.91 Å². The maximum absolute atomic E-state index is 12.7. The van der Waals surface area contributed by atoms with Gasteiger partial charge in [-0.1, -0.05) is 0 Å². The maximum atomic E-state index is 12.7. The minimum atomic E-state index is -0.327. The first-order valence-electron chi connectivity index (χ1n) is 6.33. The first kappa shape index (κ1) is 13.3. The van der Waals surface area contributed by atoms with Crippen molar-refractivity contribution in [1.29, 1.82) is 0 Å². The molecule has 0 aliphatic heterocycles. The summed E-state index contributed by atoms with van der Waals surface area (Å²) in [5, 5.41) is 3.20. The molecule has 98 valence electrons. The molecule has 2 rings (SSSR count). The summed E-state index contributed by atoms with van der Waals surface area (Å²) in [7, 11) is 0. The lowest BCUT2D eigenvalue weighted by molar-refractivity contribution is 0.0943. The Labute approximate surface area is 112 Å². The van der Waals surface area contributed by atoms with E-state index in [9.17, 15) is 9.18 Å². The van der Waals surface area contributed by atoms with Crippen LogP contribution in [0.5, 0.6) is 0 Å². The highest BCUT2D eigenvalue weighted by atomic mass is 35.5. The van der Waals surface area contributed by atoms with Crippen LogP contribution in [-0.2, 0) is 0 Å². The largest absolute Gasteiger partial charge is 0.352 e. The van der Waals surface area contributed by atoms with Crippen LogP contribution >= 0.6 is 11.6 Å². The Kier molecular flexibility index (Phi) is 4.59. The average molecular weight is 270 g/mol. The van der Waals surface area contributed by atoms with Crippen LogP contribution in [0.15, 0.2) is 24.3 Å². The Morgan fingerprint density at radius 2 is 1.83 bits per heavy atom. The first-order chi connectivity index (χ1) is 8.65. The SMILES string of the molecule is O=C(NCC1CCC(Cl)CC1)c1ccc(F)cc1. The number of rotatable bonds is 3. The topological polar surface area (TPSA) is 29.1 Å². The Hall–Kier alpha value is -1.09. The molecule has 2 nitrogen and oxygen atoms in total. The highest BCUT2D eigenvalue weighted by Gasteiger charge is 2.19. The molecule has 0 radical (unpaired) electrons. The van der Waals surface area contributed by atoms with Crippen molar-refractivity contribution < 1.29 is 9.18 Å². The molecule has 0 spiro atoms. The third-order valence-corrected chi connectivity index (χ3v) is 3.87. The fourth-order valence-corrected chi connectivity index (χ4v) is 2.52. The van der Waals surface area contributed by atoms with Crippen molar-refractivity contribution in [3.63, 3.8) is 0 Å². The third-order valence-electron chi connectivity index (χ3n) is 3.43. The molecule has 1 amide bonds. The van der Waals surface area contributed by atoms with E-state index in [4.69, 9.17) is 11.6 Å². The van der Waals surface area contributed by atoms with E-state index >= 15 is 0 Å². The van der Waals surface area contributed by atoms with Crippen molar-refractivity contribution in [1.82, 2.24) is 5.32 Å². The lowest BCUT2D eigenvalue weighted by Crippen LogP contribution is -2.31. The van der Waals surface area contributed by atoms with Gasteiger partial charge in [0, 0.05) is 17.5 Å². The van der Waals surface area contributed by atoms with Crippen LogP contribution < -0.4 is 5.32 Å². The van der Waals surface area contributed by atoms with Crippen molar-refractivity contribution in [3.05, 3.63) is 35.6 Å². The van der Waals surface area contributed by atoms with Crippen molar-refractivity contribution in [3.8, 4) is 0 Å². The number of benzene rings is 1. The Morgan fingerprint density at radius 3 is 2.44 bits per heavy atom. The summed E-state index contributed by atoms with van der Waals surface area (Å²) < 4.78 is 12.7. The van der Waals surface area contributed by atoms with E-state index in [0.717, 1.165) is 25.7 Å². The lowest BCUT2D eigenvalue weighted by Gasteiger charge is -2.25. The molecule has 1 N–H and O–H groups in total. The van der Waals surface area contributed by atoms with E-state index in [-0.39, 0.29) is 11.7 Å². The van der Waals surface area contributed by atoms with Crippen molar-refractivity contribution in [2.45, 2.75) is 31.1 Å². The average Bonchev–Trinajstić information content (AvgIpc) is 2.38. The molecule has 1 fully saturated rings. The fourth-order valence-electron chi connectivity index (χ4n) is 2.27. The molecule has 1 aromatic carbocycles. The summed E-state index contributed by atoms with van der Waals surface area (Å²) in [6, 6.07) is 5.60. The van der Waals surface area contributed by atoms with E-state index in [0.29, 0.717) is 23.4 Å². The maximum Gasteiger partial charge on any atom is 0.251 e. The molecular weight excluding hydrogens is 253 g/mol. The van der Waals surface area contributed by atoms with Gasteiger partial charge in [0.2, 0.25) is 0 Å². The Bertz CT molecular complexity index is 399. The van der Waals surface area contributed by atoms with Crippen LogP contribution in [0.1, 0.15) is 36.0 Å². The predicted octanol–water partition coefficient (Wildman–Crippen LogP) is 3.35. The normalized spacial score (nSPS) is 23.7. The van der Waals surface area contributed by atoms with Crippen LogP contribution in [0.25, 0.3) is 0 Å². The predicted molar refractivity (Wildman–Crippen MR) is 70.3 cm³/mol. The monoisotopic (exact) mass is 269 g/mol. The Balaban J connectivity index is 1.79. The zero-order chi connectivity index (χ0) is 13.0. The minimum Gasteiger partial charge on any atom is -0.352 e. The second kappa shape index (κ2) is 6.19. The molecule has 0 unspecified atom stereocenters. The van der Waals surface area contributed by atoms with Crippen molar-refractivity contribution in [2.24, 2.45) is 5.92 Å². The van der Waals surface area contributed by atoms with Gasteiger partial charge in [-0.3, -0.25) is 4.79 Å². The van der Waals surface area contributed by atoms with E-state index in [1.54, 1.807) is 0 Å². The number of hydrogen-bond acceptors (Lipinski definition) is 1. The number of nitrogens with one attached hydrogen (secondary N) is 1. The number of carbonyl (C=O) groups is 1. The molecule has 1 aromatic rings. The second-order valence-electron chi connectivity index (χ2n) is 4.83. The highest BCUT2D eigenvalue weighted by molar-refractivity contribution is 6.20. The molecule has 1 aliphatic rings. The van der Waals surface area contributed by atoms with Crippen LogP contribution in [0, 0.1) is 11.7 Å². The number of carbonyl (C=O) groups excluding carboxylic acids is 1. The van der Waals surface area contributed by atoms with E-state index in [2.05, 4.69) is 5.32 Å². The first-order valence-corrected chi connectivity index (χ1v) is 6.76. The number of hydrogen-bond donors (Lipinski definition) is 1. The zero-order valence-electron chi connectivity index (χ0n) is 10.2. The summed E-state index contributed by atoms with van der Waals surface area (Å²) >= 11 is 6.03. The fraction of sp³-hybridized carbons (Fsp3) is 0.500. The lowest BCUT2D eigenvalue weighted by atomic mass is 9.89. The van der Waals surface area contributed by atoms with Gasteiger partial charge < -0.3 is 5.32 Å². The van der Waals surface area contributed by atoms with Gasteiger partial charge in [-0.25, -0.2) is 4.39 Å². The van der Waals surface area contributed by atoms with Gasteiger partial charge >= 0.3 is 0 Å². The van der Waals surface area contributed by atoms with Crippen LogP contribution in [0.2, 0.25) is 0 Å². The molecule has 0 aromatic heterocycles. The van der Waals surface area contributed by atoms with Gasteiger partial charge in [-0.2, -0.15) is 0 Å². The van der Waals surface area contributed by atoms with Crippen LogP contribution in [0.4, 0.5) is 4.39 Å². The molecule has 0 saturated heterocycles. The van der Waals surface area contributed by atoms with Gasteiger partial charge in [0.05, 0.1) is 0 Å². The van der Waals surface area contributed by atoms with Gasteiger partial charge in [0.15, 0.2) is 0 Å². The van der Waals surface area contributed by atoms with E-state index < -0.39 is 0 Å². The Morgan fingerprint density at radius 1 is 1.22 bits per heavy atom. The van der Waals surface area contributed by atoms with Crippen LogP contribution in [0.3, 0.4) is 0 Å².